The number of carbonyl (C=O) groups is 2. The van der Waals surface area contributed by atoms with E-state index < -0.39 is 68.0 Å². The fourth-order valence-corrected chi connectivity index (χ4v) is 6.85. The Bertz CT molecular complexity index is 730. The van der Waals surface area contributed by atoms with Gasteiger partial charge < -0.3 is 43.2 Å². The van der Waals surface area contributed by atoms with Crippen molar-refractivity contribution in [2.24, 2.45) is 0 Å². The molecule has 2 saturated heterocycles. The number of rotatable bonds is 8. The van der Waals surface area contributed by atoms with E-state index in [0.29, 0.717) is 6.42 Å². The molecule has 2 aliphatic rings. The van der Waals surface area contributed by atoms with Gasteiger partial charge in [0.15, 0.2) is 43.3 Å². The van der Waals surface area contributed by atoms with Gasteiger partial charge >= 0.3 is 11.9 Å². The van der Waals surface area contributed by atoms with Crippen molar-refractivity contribution in [3.63, 3.8) is 0 Å². The minimum absolute atomic E-state index is 0.257. The molecule has 8 atom stereocenters. The summed E-state index contributed by atoms with van der Waals surface area (Å²) in [6, 6.07) is 0. The second kappa shape index (κ2) is 12.9. The van der Waals surface area contributed by atoms with Crippen molar-refractivity contribution in [2.45, 2.75) is 121 Å². The fourth-order valence-electron chi connectivity index (χ4n) is 3.68. The molecule has 2 aliphatic heterocycles. The zero-order chi connectivity index (χ0) is 28.2. The van der Waals surface area contributed by atoms with Crippen LogP contribution in [0.1, 0.15) is 13.3 Å². The number of aliphatic hydroxyl groups excluding tert-OH is 4. The van der Waals surface area contributed by atoms with Crippen molar-refractivity contribution < 1.29 is 52.8 Å². The summed E-state index contributed by atoms with van der Waals surface area (Å²) in [5, 5.41) is 35.5. The number of aliphatic hydroxyl groups is 4. The molecule has 0 aromatic heterocycles. The van der Waals surface area contributed by atoms with E-state index in [4.69, 9.17) is 38.4 Å². The van der Waals surface area contributed by atoms with Gasteiger partial charge in [0.05, 0.1) is 6.61 Å². The highest BCUT2D eigenvalue weighted by Crippen LogP contribution is 2.32. The molecule has 212 valence electrons. The maximum atomic E-state index is 12.6. The molecule has 11 nitrogen and oxygen atoms in total. The van der Waals surface area contributed by atoms with E-state index in [9.17, 15) is 9.59 Å². The number of hydrogen-bond donors (Lipinski definition) is 4. The minimum Gasteiger partial charge on any atom is -0.458 e. The van der Waals surface area contributed by atoms with Crippen LogP contribution in [0.3, 0.4) is 0 Å². The minimum atomic E-state index is -1.93. The van der Waals surface area contributed by atoms with E-state index in [1.54, 1.807) is 0 Å². The van der Waals surface area contributed by atoms with E-state index >= 15 is 0 Å². The topological polar surface area (TPSA) is 161 Å². The Labute approximate surface area is 217 Å². The normalized spacial score (nSPS) is 33.8. The van der Waals surface area contributed by atoms with Gasteiger partial charge in [0.2, 0.25) is 0 Å². The zero-order valence-electron chi connectivity index (χ0n) is 23.2. The van der Waals surface area contributed by atoms with Crippen LogP contribution in [0.25, 0.3) is 0 Å². The monoisotopic (exact) mass is 570 g/mol. The van der Waals surface area contributed by atoms with Gasteiger partial charge in [0.1, 0.15) is 30.5 Å². The molecule has 0 saturated carbocycles. The highest BCUT2D eigenvalue weighted by atomic mass is 28.4. The van der Waals surface area contributed by atoms with Crippen LogP contribution >= 0.6 is 0 Å². The first kappa shape index (κ1) is 33.3. The summed E-state index contributed by atoms with van der Waals surface area (Å²) in [7, 11) is -5.65. The van der Waals surface area contributed by atoms with Crippen LogP contribution < -0.4 is 0 Å². The highest BCUT2D eigenvalue weighted by Gasteiger charge is 2.51. The summed E-state index contributed by atoms with van der Waals surface area (Å²) in [6.07, 6.45) is -6.82. The molecule has 0 radical (unpaired) electrons. The van der Waals surface area contributed by atoms with Crippen molar-refractivity contribution >= 4 is 36.9 Å². The van der Waals surface area contributed by atoms with Crippen LogP contribution in [0.15, 0.2) is 0 Å². The predicted octanol–water partition coefficient (Wildman–Crippen LogP) is 0.969. The third kappa shape index (κ3) is 10.2. The van der Waals surface area contributed by atoms with Crippen LogP contribution in [0.5, 0.6) is 0 Å². The molecule has 0 aliphatic carbocycles. The van der Waals surface area contributed by atoms with Gasteiger partial charge in [-0.15, -0.1) is 0 Å². The summed E-state index contributed by atoms with van der Waals surface area (Å²) < 4.78 is 29.1. The Balaban J connectivity index is 0.000000450. The molecule has 4 unspecified atom stereocenters. The Morgan fingerprint density at radius 2 is 1.14 bits per heavy atom. The Kier molecular flexibility index (Phi) is 12.0. The number of hydrogen-bond acceptors (Lipinski definition) is 11. The second-order valence-electron chi connectivity index (χ2n) is 12.0. The first-order valence-electron chi connectivity index (χ1n) is 12.3. The van der Waals surface area contributed by atoms with Gasteiger partial charge in [-0.3, -0.25) is 0 Å². The average Bonchev–Trinajstić information content (AvgIpc) is 2.71. The first-order chi connectivity index (χ1) is 16.2. The van der Waals surface area contributed by atoms with Crippen molar-refractivity contribution in [2.75, 3.05) is 6.61 Å². The SMILES string of the molecule is CC[C@H]1OC(=O)[C@H](O[Si](C)(C)C)[C@@H](O[Si](C)(C)C)[C@@H]1O[Si](C)(C)C.O=C1OC(CO)C(O)C(O)C1O. The Morgan fingerprint density at radius 3 is 1.56 bits per heavy atom. The molecule has 0 spiro atoms. The maximum absolute atomic E-state index is 12.6. The first-order valence-corrected chi connectivity index (χ1v) is 22.5. The van der Waals surface area contributed by atoms with Crippen LogP contribution in [0.4, 0.5) is 0 Å². The van der Waals surface area contributed by atoms with Gasteiger partial charge in [0, 0.05) is 0 Å². The van der Waals surface area contributed by atoms with Gasteiger partial charge in [-0.1, -0.05) is 6.92 Å². The highest BCUT2D eigenvalue weighted by molar-refractivity contribution is 6.70. The quantitative estimate of drug-likeness (QED) is 0.243. The standard InChI is InChI=1S/C16H36O5Si3.C6H10O6/c1-11-12-13(19-22(2,3)4)14(20-23(5,6)7)15(16(17)18-12)21-24(8,9)10;7-1-2-3(8)4(9)5(10)6(11)12-2/h12-15H,11H2,1-10H3;2-5,7-10H,1H2/t12-,13-,14+,15-;/m1./s1. The van der Waals surface area contributed by atoms with Crippen LogP contribution in [-0.2, 0) is 32.3 Å². The molecule has 0 aromatic carbocycles. The lowest BCUT2D eigenvalue weighted by molar-refractivity contribution is -0.206. The third-order valence-corrected chi connectivity index (χ3v) is 8.01. The van der Waals surface area contributed by atoms with E-state index in [1.807, 2.05) is 6.92 Å². The maximum Gasteiger partial charge on any atom is 0.338 e. The molecular weight excluding hydrogens is 524 g/mol. The van der Waals surface area contributed by atoms with E-state index in [-0.39, 0.29) is 24.3 Å². The summed E-state index contributed by atoms with van der Waals surface area (Å²) in [5.41, 5.74) is 0. The van der Waals surface area contributed by atoms with Crippen LogP contribution in [0, 0.1) is 0 Å². The summed E-state index contributed by atoms with van der Waals surface area (Å²) in [5.74, 6) is -1.34. The molecule has 0 amide bonds. The van der Waals surface area contributed by atoms with Crippen molar-refractivity contribution in [1.29, 1.82) is 0 Å². The number of cyclic esters (lactones) is 2. The summed E-state index contributed by atoms with van der Waals surface area (Å²) >= 11 is 0. The smallest absolute Gasteiger partial charge is 0.338 e. The number of esters is 2. The van der Waals surface area contributed by atoms with E-state index in [0.717, 1.165) is 0 Å². The molecule has 0 bridgehead atoms. The molecule has 36 heavy (non-hydrogen) atoms. The van der Waals surface area contributed by atoms with E-state index in [2.05, 4.69) is 63.7 Å². The molecule has 14 heteroatoms. The molecule has 2 fully saturated rings. The Morgan fingerprint density at radius 1 is 0.694 bits per heavy atom. The van der Waals surface area contributed by atoms with Gasteiger partial charge in [0.25, 0.3) is 0 Å². The van der Waals surface area contributed by atoms with Gasteiger partial charge in [-0.05, 0) is 65.3 Å². The largest absolute Gasteiger partial charge is 0.458 e. The lowest BCUT2D eigenvalue weighted by atomic mass is 9.98. The molecule has 0 aromatic rings. The third-order valence-electron chi connectivity index (χ3n) is 5.09. The van der Waals surface area contributed by atoms with Crippen LogP contribution in [0.2, 0.25) is 58.9 Å². The molecule has 2 rings (SSSR count). The summed E-state index contributed by atoms with van der Waals surface area (Å²) in [4.78, 5) is 23.3. The Hall–Kier alpha value is -0.689. The molecular formula is C22H46O11Si3. The molecule has 2 heterocycles. The van der Waals surface area contributed by atoms with Crippen molar-refractivity contribution in [3.8, 4) is 0 Å². The fraction of sp³-hybridized carbons (Fsp3) is 0.909. The lowest BCUT2D eigenvalue weighted by Crippen LogP contribution is -2.63. The lowest BCUT2D eigenvalue weighted by Gasteiger charge is -2.46. The number of carbonyl (C=O) groups excluding carboxylic acids is 2. The van der Waals surface area contributed by atoms with Crippen molar-refractivity contribution in [3.05, 3.63) is 0 Å². The van der Waals surface area contributed by atoms with E-state index in [1.165, 1.54) is 0 Å². The average molecular weight is 571 g/mol. The van der Waals surface area contributed by atoms with Gasteiger partial charge in [-0.25, -0.2) is 9.59 Å². The second-order valence-corrected chi connectivity index (χ2v) is 25.4. The predicted molar refractivity (Wildman–Crippen MR) is 140 cm³/mol. The zero-order valence-corrected chi connectivity index (χ0v) is 26.2. The van der Waals surface area contributed by atoms with Crippen LogP contribution in [-0.4, -0.2) is 113 Å². The summed E-state index contributed by atoms with van der Waals surface area (Å²) in [6.45, 7) is 20.5. The molecule has 4 N–H and O–H groups in total. The van der Waals surface area contributed by atoms with Gasteiger partial charge in [-0.2, -0.15) is 0 Å². The number of ether oxygens (including phenoxy) is 2. The van der Waals surface area contributed by atoms with Crippen molar-refractivity contribution in [1.82, 2.24) is 0 Å².